The highest BCUT2D eigenvalue weighted by atomic mass is 16.4. The first kappa shape index (κ1) is 20.5. The summed E-state index contributed by atoms with van der Waals surface area (Å²) in [5, 5.41) is 14.1. The van der Waals surface area contributed by atoms with Crippen molar-refractivity contribution in [2.75, 3.05) is 0 Å². The van der Waals surface area contributed by atoms with E-state index in [1.165, 1.54) is 11.0 Å². The highest BCUT2D eigenvalue weighted by Gasteiger charge is 2.40. The summed E-state index contributed by atoms with van der Waals surface area (Å²) in [5.74, 6) is -2.92. The number of amides is 4. The molecule has 2 atom stereocenters. The van der Waals surface area contributed by atoms with Gasteiger partial charge in [-0.15, -0.1) is 0 Å². The molecule has 3 N–H and O–H groups in total. The molecular formula is C20H23N3O6. The monoisotopic (exact) mass is 401 g/mol. The number of fused-ring (bicyclic) bond motifs is 1. The number of piperidine rings is 1. The van der Waals surface area contributed by atoms with Crippen LogP contribution in [0.1, 0.15) is 59.4 Å². The van der Waals surface area contributed by atoms with Crippen molar-refractivity contribution >= 4 is 29.6 Å². The molecule has 29 heavy (non-hydrogen) atoms. The molecule has 0 aromatic heterocycles. The number of carboxylic acid groups (broad SMARTS) is 1. The van der Waals surface area contributed by atoms with Gasteiger partial charge in [-0.05, 0) is 36.5 Å². The number of carbonyl (C=O) groups is 5. The van der Waals surface area contributed by atoms with Crippen LogP contribution in [0.2, 0.25) is 0 Å². The third-order valence-electron chi connectivity index (χ3n) is 5.14. The lowest BCUT2D eigenvalue weighted by molar-refractivity contribution is -0.140. The number of rotatable bonds is 6. The van der Waals surface area contributed by atoms with Crippen LogP contribution in [0.3, 0.4) is 0 Å². The minimum Gasteiger partial charge on any atom is -0.480 e. The fourth-order valence-electron chi connectivity index (χ4n) is 3.73. The molecule has 0 radical (unpaired) electrons. The largest absolute Gasteiger partial charge is 0.480 e. The maximum atomic E-state index is 12.8. The van der Waals surface area contributed by atoms with Gasteiger partial charge in [0, 0.05) is 24.1 Å². The second-order valence-corrected chi connectivity index (χ2v) is 7.73. The fraction of sp³-hybridized carbons (Fsp3) is 0.450. The smallest absolute Gasteiger partial charge is 0.326 e. The molecule has 1 aromatic carbocycles. The summed E-state index contributed by atoms with van der Waals surface area (Å²) in [7, 11) is 0. The van der Waals surface area contributed by atoms with Gasteiger partial charge < -0.3 is 15.3 Å². The van der Waals surface area contributed by atoms with E-state index in [2.05, 4.69) is 10.6 Å². The normalized spacial score (nSPS) is 19.8. The third-order valence-corrected chi connectivity index (χ3v) is 5.14. The van der Waals surface area contributed by atoms with Crippen molar-refractivity contribution < 1.29 is 29.1 Å². The number of aliphatic carboxylic acids is 1. The lowest BCUT2D eigenvalue weighted by atomic mass is 10.0. The van der Waals surface area contributed by atoms with Crippen LogP contribution in [-0.2, 0) is 20.9 Å². The standard InChI is InChI=1S/C20H23N3O6/c1-10(2)8-14(20(28)29)21-17(25)11-4-3-5-12-13(11)9-23(19(12)27)15-6-7-16(24)22-18(15)26/h3-5,10,14-15H,6-9H2,1-2H3,(H,21,25)(H,28,29)(H,22,24,26)/t14-,15?/m1/s1. The first-order chi connectivity index (χ1) is 13.7. The second-order valence-electron chi connectivity index (χ2n) is 7.73. The van der Waals surface area contributed by atoms with Crippen LogP contribution in [-0.4, -0.2) is 51.7 Å². The van der Waals surface area contributed by atoms with Gasteiger partial charge >= 0.3 is 5.97 Å². The lowest BCUT2D eigenvalue weighted by Gasteiger charge is -2.29. The Kier molecular flexibility index (Phi) is 5.67. The summed E-state index contributed by atoms with van der Waals surface area (Å²) >= 11 is 0. The van der Waals surface area contributed by atoms with Crippen molar-refractivity contribution in [3.8, 4) is 0 Å². The maximum Gasteiger partial charge on any atom is 0.326 e. The molecule has 0 bridgehead atoms. The molecule has 2 aliphatic heterocycles. The van der Waals surface area contributed by atoms with Crippen LogP contribution in [0.15, 0.2) is 18.2 Å². The Morgan fingerprint density at radius 2 is 2.00 bits per heavy atom. The molecule has 1 fully saturated rings. The average Bonchev–Trinajstić information content (AvgIpc) is 2.97. The third kappa shape index (κ3) is 4.13. The Labute approximate surface area is 167 Å². The van der Waals surface area contributed by atoms with Gasteiger partial charge in [-0.3, -0.25) is 24.5 Å². The number of benzene rings is 1. The number of hydrogen-bond donors (Lipinski definition) is 3. The van der Waals surface area contributed by atoms with E-state index in [1.807, 2.05) is 13.8 Å². The van der Waals surface area contributed by atoms with Gasteiger partial charge in [-0.2, -0.15) is 0 Å². The van der Waals surface area contributed by atoms with E-state index in [1.54, 1.807) is 12.1 Å². The molecule has 3 rings (SSSR count). The SMILES string of the molecule is CC(C)C[C@@H](NC(=O)c1cccc2c1CN(C1CCC(=O)NC1=O)C2=O)C(=O)O. The van der Waals surface area contributed by atoms with Crippen molar-refractivity contribution in [1.29, 1.82) is 0 Å². The van der Waals surface area contributed by atoms with E-state index < -0.39 is 29.9 Å². The Balaban J connectivity index is 1.83. The molecule has 2 heterocycles. The average molecular weight is 401 g/mol. The summed E-state index contributed by atoms with van der Waals surface area (Å²) in [5.41, 5.74) is 0.965. The van der Waals surface area contributed by atoms with Crippen LogP contribution in [0.25, 0.3) is 0 Å². The molecule has 9 nitrogen and oxygen atoms in total. The molecular weight excluding hydrogens is 378 g/mol. The van der Waals surface area contributed by atoms with Crippen molar-refractivity contribution in [1.82, 2.24) is 15.5 Å². The zero-order valence-corrected chi connectivity index (χ0v) is 16.2. The second kappa shape index (κ2) is 8.02. The summed E-state index contributed by atoms with van der Waals surface area (Å²) in [4.78, 5) is 61.9. The number of carbonyl (C=O) groups excluding carboxylic acids is 4. The first-order valence-corrected chi connectivity index (χ1v) is 9.49. The van der Waals surface area contributed by atoms with E-state index in [-0.39, 0.29) is 49.1 Å². The molecule has 4 amide bonds. The van der Waals surface area contributed by atoms with Gasteiger partial charge in [0.25, 0.3) is 11.8 Å². The van der Waals surface area contributed by atoms with Crippen molar-refractivity contribution in [2.45, 2.75) is 51.7 Å². The van der Waals surface area contributed by atoms with Crippen LogP contribution in [0.4, 0.5) is 0 Å². The van der Waals surface area contributed by atoms with Gasteiger partial charge in [0.15, 0.2) is 0 Å². The fourth-order valence-corrected chi connectivity index (χ4v) is 3.73. The number of imide groups is 1. The zero-order valence-electron chi connectivity index (χ0n) is 16.2. The molecule has 0 saturated carbocycles. The summed E-state index contributed by atoms with van der Waals surface area (Å²) < 4.78 is 0. The maximum absolute atomic E-state index is 12.8. The highest BCUT2D eigenvalue weighted by molar-refractivity contribution is 6.08. The van der Waals surface area contributed by atoms with Crippen molar-refractivity contribution in [2.24, 2.45) is 5.92 Å². The topological polar surface area (TPSA) is 133 Å². The Hall–Kier alpha value is -3.23. The van der Waals surface area contributed by atoms with Crippen molar-refractivity contribution in [3.05, 3.63) is 34.9 Å². The number of carboxylic acids is 1. The summed E-state index contributed by atoms with van der Waals surface area (Å²) in [6, 6.07) is 2.84. The quantitative estimate of drug-likeness (QED) is 0.600. The van der Waals surface area contributed by atoms with Crippen molar-refractivity contribution in [3.63, 3.8) is 0 Å². The van der Waals surface area contributed by atoms with Crippen LogP contribution in [0, 0.1) is 5.92 Å². The highest BCUT2D eigenvalue weighted by Crippen LogP contribution is 2.30. The van der Waals surface area contributed by atoms with Crippen LogP contribution in [0.5, 0.6) is 0 Å². The van der Waals surface area contributed by atoms with Gasteiger partial charge in [-0.25, -0.2) is 4.79 Å². The van der Waals surface area contributed by atoms with Crippen LogP contribution < -0.4 is 10.6 Å². The number of nitrogens with one attached hydrogen (secondary N) is 2. The predicted octanol–water partition coefficient (Wildman–Crippen LogP) is 0.677. The number of nitrogens with zero attached hydrogens (tertiary/aromatic N) is 1. The molecule has 0 aliphatic carbocycles. The molecule has 154 valence electrons. The minimum absolute atomic E-state index is 0.0476. The Morgan fingerprint density at radius 3 is 2.62 bits per heavy atom. The summed E-state index contributed by atoms with van der Waals surface area (Å²) in [6.45, 7) is 3.77. The molecule has 1 saturated heterocycles. The van der Waals surface area contributed by atoms with Gasteiger partial charge in [-0.1, -0.05) is 19.9 Å². The van der Waals surface area contributed by atoms with Gasteiger partial charge in [0.05, 0.1) is 0 Å². The molecule has 9 heteroatoms. The van der Waals surface area contributed by atoms with E-state index in [4.69, 9.17) is 0 Å². The summed E-state index contributed by atoms with van der Waals surface area (Å²) in [6.07, 6.45) is 0.637. The minimum atomic E-state index is -1.12. The number of hydrogen-bond acceptors (Lipinski definition) is 5. The zero-order chi connectivity index (χ0) is 21.3. The van der Waals surface area contributed by atoms with E-state index >= 15 is 0 Å². The van der Waals surface area contributed by atoms with Gasteiger partial charge in [0.1, 0.15) is 12.1 Å². The predicted molar refractivity (Wildman–Crippen MR) is 101 cm³/mol. The van der Waals surface area contributed by atoms with Gasteiger partial charge in [0.2, 0.25) is 11.8 Å². The van der Waals surface area contributed by atoms with E-state index in [9.17, 15) is 29.1 Å². The molecule has 2 aliphatic rings. The lowest BCUT2D eigenvalue weighted by Crippen LogP contribution is -2.52. The Bertz CT molecular complexity index is 894. The molecule has 1 unspecified atom stereocenters. The van der Waals surface area contributed by atoms with E-state index in [0.717, 1.165) is 0 Å². The molecule has 1 aromatic rings. The molecule has 0 spiro atoms. The van der Waals surface area contributed by atoms with E-state index in [0.29, 0.717) is 11.1 Å². The first-order valence-electron chi connectivity index (χ1n) is 9.49. The van der Waals surface area contributed by atoms with Crippen LogP contribution >= 0.6 is 0 Å². The Morgan fingerprint density at radius 1 is 1.28 bits per heavy atom.